The second kappa shape index (κ2) is 3.94. The van der Waals surface area contributed by atoms with E-state index in [9.17, 15) is 9.59 Å². The molecule has 3 heteroatoms. The van der Waals surface area contributed by atoms with Gasteiger partial charge in [0, 0.05) is 17.9 Å². The van der Waals surface area contributed by atoms with E-state index in [0.29, 0.717) is 0 Å². The first-order valence-corrected chi connectivity index (χ1v) is 6.09. The van der Waals surface area contributed by atoms with E-state index in [-0.39, 0.29) is 5.78 Å². The van der Waals surface area contributed by atoms with E-state index >= 15 is 0 Å². The van der Waals surface area contributed by atoms with Crippen LogP contribution < -0.4 is 0 Å². The topological polar surface area (TPSA) is 43.4 Å². The molecule has 1 atom stereocenters. The predicted molar refractivity (Wildman–Crippen MR) is 68.8 cm³/mol. The van der Waals surface area contributed by atoms with Crippen LogP contribution in [-0.2, 0) is 14.9 Å². The van der Waals surface area contributed by atoms with Gasteiger partial charge in [0.05, 0.1) is 0 Å². The van der Waals surface area contributed by atoms with Gasteiger partial charge in [-0.25, -0.2) is 0 Å². The van der Waals surface area contributed by atoms with Crippen molar-refractivity contribution in [3.63, 3.8) is 0 Å². The number of Topliss-reactive ketones (excluding diaryl/α,β-unsaturated/α-hetero) is 1. The standard InChI is InChI=1S/C15H18O3/c1-8-6-7-9(2)12-11(8)13(17)14(15(12,4)5)18-10(3)16/h6-7,14H,1-5H3. The minimum Gasteiger partial charge on any atom is -0.453 e. The summed E-state index contributed by atoms with van der Waals surface area (Å²) < 4.78 is 5.24. The maximum Gasteiger partial charge on any atom is 0.303 e. The van der Waals surface area contributed by atoms with Gasteiger partial charge < -0.3 is 4.74 Å². The number of ether oxygens (including phenoxy) is 1. The van der Waals surface area contributed by atoms with Crippen molar-refractivity contribution in [3.8, 4) is 0 Å². The summed E-state index contributed by atoms with van der Waals surface area (Å²) in [4.78, 5) is 23.6. The number of rotatable bonds is 1. The minimum absolute atomic E-state index is 0.0774. The molecule has 0 bridgehead atoms. The van der Waals surface area contributed by atoms with E-state index in [4.69, 9.17) is 4.74 Å². The van der Waals surface area contributed by atoms with Crippen molar-refractivity contribution in [3.05, 3.63) is 34.4 Å². The zero-order valence-corrected chi connectivity index (χ0v) is 11.5. The van der Waals surface area contributed by atoms with Gasteiger partial charge in [-0.3, -0.25) is 9.59 Å². The molecule has 0 saturated carbocycles. The lowest BCUT2D eigenvalue weighted by molar-refractivity contribution is -0.146. The van der Waals surface area contributed by atoms with Crippen molar-refractivity contribution in [2.75, 3.05) is 0 Å². The molecule has 1 unspecified atom stereocenters. The monoisotopic (exact) mass is 246 g/mol. The summed E-state index contributed by atoms with van der Waals surface area (Å²) >= 11 is 0. The maximum absolute atomic E-state index is 12.4. The Kier molecular flexibility index (Phi) is 2.80. The van der Waals surface area contributed by atoms with Crippen LogP contribution >= 0.6 is 0 Å². The largest absolute Gasteiger partial charge is 0.453 e. The molecule has 0 heterocycles. The number of hydrogen-bond acceptors (Lipinski definition) is 3. The average Bonchev–Trinajstić information content (AvgIpc) is 2.45. The van der Waals surface area contributed by atoms with Crippen molar-refractivity contribution in [2.24, 2.45) is 0 Å². The number of carbonyl (C=O) groups excluding carboxylic acids is 2. The quantitative estimate of drug-likeness (QED) is 0.715. The third kappa shape index (κ3) is 1.65. The molecule has 2 rings (SSSR count). The summed E-state index contributed by atoms with van der Waals surface area (Å²) in [5.41, 5.74) is 3.30. The number of fused-ring (bicyclic) bond motifs is 1. The second-order valence-corrected chi connectivity index (χ2v) is 5.52. The van der Waals surface area contributed by atoms with Gasteiger partial charge in [0.25, 0.3) is 0 Å². The number of esters is 1. The molecule has 0 N–H and O–H groups in total. The van der Waals surface area contributed by atoms with E-state index in [1.165, 1.54) is 6.92 Å². The summed E-state index contributed by atoms with van der Waals surface area (Å²) in [5.74, 6) is -0.490. The van der Waals surface area contributed by atoms with E-state index in [1.54, 1.807) is 0 Å². The number of carbonyl (C=O) groups is 2. The lowest BCUT2D eigenvalue weighted by atomic mass is 9.81. The van der Waals surface area contributed by atoms with Gasteiger partial charge >= 0.3 is 5.97 Å². The Morgan fingerprint density at radius 3 is 2.28 bits per heavy atom. The molecule has 1 aromatic carbocycles. The van der Waals surface area contributed by atoms with Gasteiger partial charge in [-0.15, -0.1) is 0 Å². The molecule has 0 fully saturated rings. The van der Waals surface area contributed by atoms with Crippen LogP contribution in [-0.4, -0.2) is 17.9 Å². The molecule has 0 saturated heterocycles. The van der Waals surface area contributed by atoms with Gasteiger partial charge in [-0.05, 0) is 30.5 Å². The molecule has 18 heavy (non-hydrogen) atoms. The van der Waals surface area contributed by atoms with Crippen LogP contribution in [0.5, 0.6) is 0 Å². The van der Waals surface area contributed by atoms with Crippen LogP contribution in [0.25, 0.3) is 0 Å². The van der Waals surface area contributed by atoms with Crippen LogP contribution in [0, 0.1) is 13.8 Å². The van der Waals surface area contributed by atoms with Gasteiger partial charge in [0.1, 0.15) is 0 Å². The van der Waals surface area contributed by atoms with E-state index < -0.39 is 17.5 Å². The molecule has 0 radical (unpaired) electrons. The highest BCUT2D eigenvalue weighted by molar-refractivity contribution is 6.08. The molecule has 0 spiro atoms. The Bertz CT molecular complexity index is 541. The number of ketones is 1. The first-order chi connectivity index (χ1) is 8.26. The van der Waals surface area contributed by atoms with Crippen molar-refractivity contribution in [1.82, 2.24) is 0 Å². The Morgan fingerprint density at radius 2 is 1.78 bits per heavy atom. The number of aryl methyl sites for hydroxylation is 2. The predicted octanol–water partition coefficient (Wildman–Crippen LogP) is 2.71. The second-order valence-electron chi connectivity index (χ2n) is 5.52. The third-order valence-corrected chi connectivity index (χ3v) is 3.69. The first-order valence-electron chi connectivity index (χ1n) is 6.09. The van der Waals surface area contributed by atoms with Crippen molar-refractivity contribution in [2.45, 2.75) is 46.1 Å². The summed E-state index contributed by atoms with van der Waals surface area (Å²) in [6.07, 6.45) is -0.704. The highest BCUT2D eigenvalue weighted by Crippen LogP contribution is 2.43. The molecule has 0 amide bonds. The Morgan fingerprint density at radius 1 is 1.22 bits per heavy atom. The van der Waals surface area contributed by atoms with Crippen LogP contribution in [0.1, 0.15) is 47.8 Å². The average molecular weight is 246 g/mol. The molecule has 1 aliphatic carbocycles. The molecular weight excluding hydrogens is 228 g/mol. The van der Waals surface area contributed by atoms with Crippen LogP contribution in [0.4, 0.5) is 0 Å². The van der Waals surface area contributed by atoms with Gasteiger partial charge in [0.15, 0.2) is 6.10 Å². The molecule has 0 aliphatic heterocycles. The van der Waals surface area contributed by atoms with Gasteiger partial charge in [-0.2, -0.15) is 0 Å². The van der Waals surface area contributed by atoms with Crippen LogP contribution in [0.3, 0.4) is 0 Å². The first kappa shape index (κ1) is 12.8. The maximum atomic E-state index is 12.4. The summed E-state index contributed by atoms with van der Waals surface area (Å²) in [5, 5.41) is 0. The Hall–Kier alpha value is -1.64. The lowest BCUT2D eigenvalue weighted by Gasteiger charge is -2.27. The fraction of sp³-hybridized carbons (Fsp3) is 0.467. The van der Waals surface area contributed by atoms with E-state index in [2.05, 4.69) is 0 Å². The molecule has 1 aromatic rings. The third-order valence-electron chi connectivity index (χ3n) is 3.69. The summed E-state index contributed by atoms with van der Waals surface area (Å²) in [6, 6.07) is 3.96. The lowest BCUT2D eigenvalue weighted by Crippen LogP contribution is -2.37. The highest BCUT2D eigenvalue weighted by Gasteiger charge is 2.49. The smallest absolute Gasteiger partial charge is 0.303 e. The van der Waals surface area contributed by atoms with Crippen molar-refractivity contribution >= 4 is 11.8 Å². The molecule has 3 nitrogen and oxygen atoms in total. The fourth-order valence-corrected chi connectivity index (χ4v) is 2.92. The number of hydrogen-bond donors (Lipinski definition) is 0. The summed E-state index contributed by atoms with van der Waals surface area (Å²) in [7, 11) is 0. The van der Waals surface area contributed by atoms with Crippen LogP contribution in [0.15, 0.2) is 12.1 Å². The zero-order chi connectivity index (χ0) is 13.7. The normalized spacial score (nSPS) is 20.7. The van der Waals surface area contributed by atoms with Gasteiger partial charge in [-0.1, -0.05) is 26.0 Å². The molecule has 96 valence electrons. The van der Waals surface area contributed by atoms with E-state index in [0.717, 1.165) is 22.3 Å². The number of benzene rings is 1. The van der Waals surface area contributed by atoms with E-state index in [1.807, 2.05) is 39.8 Å². The SMILES string of the molecule is CC(=O)OC1C(=O)c2c(C)ccc(C)c2C1(C)C. The molecule has 1 aliphatic rings. The fourth-order valence-electron chi connectivity index (χ4n) is 2.92. The Balaban J connectivity index is 2.64. The highest BCUT2D eigenvalue weighted by atomic mass is 16.5. The Labute approximate surface area is 107 Å². The molecule has 0 aromatic heterocycles. The molecular formula is C15H18O3. The van der Waals surface area contributed by atoms with Crippen LogP contribution in [0.2, 0.25) is 0 Å². The minimum atomic E-state index is -0.704. The van der Waals surface area contributed by atoms with Crippen molar-refractivity contribution < 1.29 is 14.3 Å². The zero-order valence-electron chi connectivity index (χ0n) is 11.5. The van der Waals surface area contributed by atoms with Gasteiger partial charge in [0.2, 0.25) is 5.78 Å². The van der Waals surface area contributed by atoms with Crippen molar-refractivity contribution in [1.29, 1.82) is 0 Å². The summed E-state index contributed by atoms with van der Waals surface area (Å²) in [6.45, 7) is 9.16.